The topological polar surface area (TPSA) is 86.5 Å². The van der Waals surface area contributed by atoms with Crippen molar-refractivity contribution in [2.45, 2.75) is 44.1 Å². The van der Waals surface area contributed by atoms with Crippen LogP contribution in [0.5, 0.6) is 11.5 Å². The van der Waals surface area contributed by atoms with Crippen molar-refractivity contribution in [3.8, 4) is 11.5 Å². The van der Waals surface area contributed by atoms with E-state index in [0.717, 1.165) is 49.1 Å². The maximum atomic E-state index is 10.7. The summed E-state index contributed by atoms with van der Waals surface area (Å²) in [6, 6.07) is 16.1. The Kier molecular flexibility index (Phi) is 8.79. The number of nitrogens with one attached hydrogen (secondary N) is 1. The first-order chi connectivity index (χ1) is 18.6. The predicted octanol–water partition coefficient (Wildman–Crippen LogP) is 4.28. The Hall–Kier alpha value is -3.13. The lowest BCUT2D eigenvalue weighted by Gasteiger charge is -2.24. The van der Waals surface area contributed by atoms with Crippen LogP contribution < -0.4 is 19.7 Å². The molecule has 3 N–H and O–H groups in total. The number of ether oxygens (including phenoxy) is 2. The Labute approximate surface area is 225 Å². The molecule has 0 radical (unpaired) electrons. The molecule has 7 nitrogen and oxygen atoms in total. The molecule has 0 spiro atoms. The molecule has 2 aromatic rings. The zero-order valence-electron chi connectivity index (χ0n) is 21.9. The summed E-state index contributed by atoms with van der Waals surface area (Å²) in [5.41, 5.74) is 2.90. The summed E-state index contributed by atoms with van der Waals surface area (Å²) in [7, 11) is 0. The number of aliphatic imine (C=N–C) groups is 1. The summed E-state index contributed by atoms with van der Waals surface area (Å²) in [4.78, 5) is 6.69. The zero-order chi connectivity index (χ0) is 26.3. The van der Waals surface area contributed by atoms with Gasteiger partial charge in [0, 0.05) is 43.6 Å². The van der Waals surface area contributed by atoms with Gasteiger partial charge in [-0.3, -0.25) is 10.3 Å². The summed E-state index contributed by atoms with van der Waals surface area (Å²) in [6.45, 7) is 7.34. The highest BCUT2D eigenvalue weighted by Gasteiger charge is 2.25. The number of hydrogen-bond donors (Lipinski definition) is 3. The number of dihydropyridines is 1. The van der Waals surface area contributed by atoms with Crippen molar-refractivity contribution in [3.63, 3.8) is 0 Å². The second-order valence-corrected chi connectivity index (χ2v) is 10.5. The third-order valence-electron chi connectivity index (χ3n) is 7.47. The molecule has 4 atom stereocenters. The molecule has 202 valence electrons. The number of hydrogen-bond acceptors (Lipinski definition) is 7. The molecule has 0 amide bonds. The van der Waals surface area contributed by atoms with Crippen LogP contribution in [0.25, 0.3) is 0 Å². The van der Waals surface area contributed by atoms with E-state index in [-0.39, 0.29) is 24.7 Å². The fourth-order valence-corrected chi connectivity index (χ4v) is 4.99. The van der Waals surface area contributed by atoms with E-state index < -0.39 is 6.23 Å². The number of rotatable bonds is 13. The van der Waals surface area contributed by atoms with Crippen LogP contribution in [0.1, 0.15) is 37.3 Å². The zero-order valence-corrected chi connectivity index (χ0v) is 21.9. The van der Waals surface area contributed by atoms with E-state index in [1.165, 1.54) is 18.5 Å². The van der Waals surface area contributed by atoms with E-state index in [9.17, 15) is 10.2 Å². The van der Waals surface area contributed by atoms with Crippen LogP contribution in [-0.2, 0) is 0 Å². The van der Waals surface area contributed by atoms with Gasteiger partial charge in [-0.25, -0.2) is 0 Å². The van der Waals surface area contributed by atoms with Gasteiger partial charge in [0.15, 0.2) is 0 Å². The standard InChI is InChI=1S/C31H39N3O4/c1-2-30(33-31(36)25-17-23(14-16-35)18-32-19-25)24-5-9-28(10-6-24)38-29-13-15-34(20-29)26-7-11-27(12-8-26)37-21-22-3-4-22/h2,5-12,17,19,22-23,29-31,33,35-36H,1,3-4,13-16,18,20-21H2/t23?,29-,30?,31?/m1/s1. The van der Waals surface area contributed by atoms with Gasteiger partial charge in [0.2, 0.25) is 0 Å². The second kappa shape index (κ2) is 12.6. The van der Waals surface area contributed by atoms with Crippen molar-refractivity contribution < 1.29 is 19.7 Å². The third kappa shape index (κ3) is 7.04. The van der Waals surface area contributed by atoms with Crippen molar-refractivity contribution in [1.29, 1.82) is 0 Å². The number of benzene rings is 2. The van der Waals surface area contributed by atoms with Gasteiger partial charge in [0.25, 0.3) is 0 Å². The number of aliphatic hydroxyl groups excluding tert-OH is 2. The molecule has 3 unspecified atom stereocenters. The molecule has 7 heteroatoms. The number of anilines is 1. The van der Waals surface area contributed by atoms with E-state index in [4.69, 9.17) is 9.47 Å². The van der Waals surface area contributed by atoms with E-state index in [1.807, 2.05) is 30.3 Å². The summed E-state index contributed by atoms with van der Waals surface area (Å²) in [5, 5.41) is 23.2. The van der Waals surface area contributed by atoms with Crippen molar-refractivity contribution >= 4 is 11.9 Å². The minimum atomic E-state index is -0.873. The highest BCUT2D eigenvalue weighted by Crippen LogP contribution is 2.31. The molecule has 2 aromatic carbocycles. The first-order valence-electron chi connectivity index (χ1n) is 13.7. The average Bonchev–Trinajstić information content (AvgIpc) is 3.67. The van der Waals surface area contributed by atoms with Crippen molar-refractivity contribution in [3.05, 3.63) is 78.4 Å². The number of aliphatic hydroxyl groups is 2. The quantitative estimate of drug-likeness (QED) is 0.272. The van der Waals surface area contributed by atoms with Crippen LogP contribution in [0.2, 0.25) is 0 Å². The van der Waals surface area contributed by atoms with Gasteiger partial charge in [0.05, 0.1) is 19.2 Å². The van der Waals surface area contributed by atoms with Crippen LogP contribution >= 0.6 is 0 Å². The molecule has 2 heterocycles. The Bertz CT molecular complexity index is 1110. The predicted molar refractivity (Wildman–Crippen MR) is 151 cm³/mol. The highest BCUT2D eigenvalue weighted by atomic mass is 16.5. The third-order valence-corrected chi connectivity index (χ3v) is 7.47. The molecule has 5 rings (SSSR count). The molecule has 0 bridgehead atoms. The van der Waals surface area contributed by atoms with Crippen LogP contribution in [0.15, 0.2) is 77.8 Å². The van der Waals surface area contributed by atoms with Gasteiger partial charge in [-0.05, 0) is 73.1 Å². The summed E-state index contributed by atoms with van der Waals surface area (Å²) in [6.07, 6.45) is 8.93. The van der Waals surface area contributed by atoms with E-state index >= 15 is 0 Å². The smallest absolute Gasteiger partial charge is 0.132 e. The molecule has 2 aliphatic heterocycles. The summed E-state index contributed by atoms with van der Waals surface area (Å²) in [5.74, 6) is 2.68. The van der Waals surface area contributed by atoms with Gasteiger partial charge in [-0.1, -0.05) is 24.3 Å². The molecule has 1 aliphatic carbocycles. The first-order valence-corrected chi connectivity index (χ1v) is 13.7. The Morgan fingerprint density at radius 1 is 1.08 bits per heavy atom. The van der Waals surface area contributed by atoms with E-state index in [0.29, 0.717) is 18.5 Å². The van der Waals surface area contributed by atoms with E-state index in [1.54, 1.807) is 12.3 Å². The minimum Gasteiger partial charge on any atom is -0.493 e. The Balaban J connectivity index is 1.11. The van der Waals surface area contributed by atoms with Gasteiger partial charge in [-0.2, -0.15) is 0 Å². The maximum Gasteiger partial charge on any atom is 0.132 e. The van der Waals surface area contributed by atoms with Crippen LogP contribution in [0, 0.1) is 11.8 Å². The number of nitrogens with zero attached hydrogens (tertiary/aromatic N) is 2. The van der Waals surface area contributed by atoms with Crippen LogP contribution in [0.3, 0.4) is 0 Å². The lowest BCUT2D eigenvalue weighted by Crippen LogP contribution is -2.35. The minimum absolute atomic E-state index is 0.110. The van der Waals surface area contributed by atoms with Crippen molar-refractivity contribution in [1.82, 2.24) is 5.32 Å². The Morgan fingerprint density at radius 2 is 1.84 bits per heavy atom. The molecular formula is C31H39N3O4. The van der Waals surface area contributed by atoms with Gasteiger partial charge in [0.1, 0.15) is 23.8 Å². The van der Waals surface area contributed by atoms with Crippen molar-refractivity contribution in [2.75, 3.05) is 37.7 Å². The first kappa shape index (κ1) is 26.5. The summed E-state index contributed by atoms with van der Waals surface area (Å²) >= 11 is 0. The lowest BCUT2D eigenvalue weighted by molar-refractivity contribution is 0.168. The van der Waals surface area contributed by atoms with Crippen LogP contribution in [0.4, 0.5) is 5.69 Å². The maximum absolute atomic E-state index is 10.7. The SMILES string of the molecule is C=CC(NC(O)C1=CC(CCO)CN=C1)c1ccc(O[C@@H]2CCN(c3ccc(OCC4CC4)cc3)C2)cc1. The molecule has 1 saturated carbocycles. The van der Waals surface area contributed by atoms with Gasteiger partial charge >= 0.3 is 0 Å². The highest BCUT2D eigenvalue weighted by molar-refractivity contribution is 5.80. The molecular weight excluding hydrogens is 478 g/mol. The fourth-order valence-electron chi connectivity index (χ4n) is 4.99. The molecule has 38 heavy (non-hydrogen) atoms. The fraction of sp³-hybridized carbons (Fsp3) is 0.452. The molecule has 3 aliphatic rings. The Morgan fingerprint density at radius 3 is 2.55 bits per heavy atom. The second-order valence-electron chi connectivity index (χ2n) is 10.5. The summed E-state index contributed by atoms with van der Waals surface area (Å²) < 4.78 is 12.2. The largest absolute Gasteiger partial charge is 0.493 e. The van der Waals surface area contributed by atoms with E-state index in [2.05, 4.69) is 46.1 Å². The lowest BCUT2D eigenvalue weighted by atomic mass is 9.99. The normalized spacial score (nSPS) is 22.6. The van der Waals surface area contributed by atoms with Crippen molar-refractivity contribution in [2.24, 2.45) is 16.8 Å². The monoisotopic (exact) mass is 517 g/mol. The molecule has 1 saturated heterocycles. The average molecular weight is 518 g/mol. The molecule has 2 fully saturated rings. The van der Waals surface area contributed by atoms with Crippen LogP contribution in [-0.4, -0.2) is 61.6 Å². The van der Waals surface area contributed by atoms with Gasteiger partial charge < -0.3 is 24.6 Å². The molecule has 0 aromatic heterocycles. The van der Waals surface area contributed by atoms with Gasteiger partial charge in [-0.15, -0.1) is 6.58 Å².